The van der Waals surface area contributed by atoms with E-state index in [4.69, 9.17) is 11.6 Å². The van der Waals surface area contributed by atoms with Crippen LogP contribution in [0.4, 0.5) is 5.95 Å². The molecule has 1 fully saturated rings. The number of halogens is 1. The Labute approximate surface area is 104 Å². The van der Waals surface area contributed by atoms with E-state index in [1.807, 2.05) is 4.90 Å². The summed E-state index contributed by atoms with van der Waals surface area (Å²) in [6.07, 6.45) is 0.893. The first-order valence-corrected chi connectivity index (χ1v) is 5.83. The predicted octanol–water partition coefficient (Wildman–Crippen LogP) is 0.548. The van der Waals surface area contributed by atoms with Gasteiger partial charge in [-0.1, -0.05) is 11.6 Å². The molecule has 1 aromatic heterocycles. The van der Waals surface area contributed by atoms with Crippen molar-refractivity contribution in [3.8, 4) is 0 Å². The van der Waals surface area contributed by atoms with Crippen LogP contribution in [0.1, 0.15) is 19.0 Å². The molecule has 7 heteroatoms. The number of amides is 1. The van der Waals surface area contributed by atoms with Gasteiger partial charge in [0.05, 0.1) is 5.69 Å². The van der Waals surface area contributed by atoms with Crippen molar-refractivity contribution in [1.29, 1.82) is 0 Å². The van der Waals surface area contributed by atoms with Crippen LogP contribution in [0, 0.1) is 6.92 Å². The maximum Gasteiger partial charge on any atom is 0.245 e. The van der Waals surface area contributed by atoms with Crippen molar-refractivity contribution in [2.75, 3.05) is 18.0 Å². The van der Waals surface area contributed by atoms with E-state index in [9.17, 15) is 4.79 Å². The molecule has 1 N–H and O–H groups in total. The Balaban J connectivity index is 2.04. The summed E-state index contributed by atoms with van der Waals surface area (Å²) in [6, 6.07) is 0.159. The number of rotatable bonds is 2. The number of carbonyl (C=O) groups excluding carboxylic acids is 1. The predicted molar refractivity (Wildman–Crippen MR) is 64.0 cm³/mol. The maximum absolute atomic E-state index is 11.0. The molecule has 0 bridgehead atoms. The van der Waals surface area contributed by atoms with E-state index in [0.29, 0.717) is 23.3 Å². The molecular formula is C10H14ClN5O. The van der Waals surface area contributed by atoms with Crippen LogP contribution in [0.15, 0.2) is 0 Å². The number of hydrogen-bond donors (Lipinski definition) is 1. The zero-order chi connectivity index (χ0) is 12.4. The van der Waals surface area contributed by atoms with Crippen molar-refractivity contribution < 1.29 is 4.79 Å². The molecule has 0 aliphatic carbocycles. The highest BCUT2D eigenvalue weighted by molar-refractivity contribution is 6.29. The molecule has 2 heterocycles. The smallest absolute Gasteiger partial charge is 0.245 e. The zero-order valence-corrected chi connectivity index (χ0v) is 10.5. The molecule has 2 rings (SSSR count). The third-order valence-corrected chi connectivity index (χ3v) is 3.02. The minimum absolute atomic E-state index is 0.0109. The first kappa shape index (κ1) is 12.0. The monoisotopic (exact) mass is 255 g/mol. The van der Waals surface area contributed by atoms with Gasteiger partial charge in [-0.05, 0) is 13.3 Å². The Hall–Kier alpha value is -1.43. The van der Waals surface area contributed by atoms with Crippen LogP contribution in [-0.4, -0.2) is 40.2 Å². The minimum Gasteiger partial charge on any atom is -0.352 e. The summed E-state index contributed by atoms with van der Waals surface area (Å²) in [6.45, 7) is 4.84. The second-order valence-electron chi connectivity index (χ2n) is 4.12. The Morgan fingerprint density at radius 3 is 2.94 bits per heavy atom. The molecule has 6 nitrogen and oxygen atoms in total. The molecule has 1 aliphatic heterocycles. The maximum atomic E-state index is 11.0. The number of aromatic nitrogens is 3. The highest BCUT2D eigenvalue weighted by atomic mass is 35.5. The van der Waals surface area contributed by atoms with Crippen LogP contribution in [0.3, 0.4) is 0 Å². The summed E-state index contributed by atoms with van der Waals surface area (Å²) >= 11 is 5.77. The van der Waals surface area contributed by atoms with E-state index in [0.717, 1.165) is 13.0 Å². The average molecular weight is 256 g/mol. The third kappa shape index (κ3) is 2.82. The largest absolute Gasteiger partial charge is 0.352 e. The third-order valence-electron chi connectivity index (χ3n) is 2.67. The van der Waals surface area contributed by atoms with Crippen molar-refractivity contribution in [2.24, 2.45) is 0 Å². The van der Waals surface area contributed by atoms with Crippen molar-refractivity contribution >= 4 is 23.5 Å². The van der Waals surface area contributed by atoms with Gasteiger partial charge in [0, 0.05) is 26.1 Å². The molecule has 1 aromatic rings. The van der Waals surface area contributed by atoms with Crippen LogP contribution < -0.4 is 10.2 Å². The van der Waals surface area contributed by atoms with E-state index >= 15 is 0 Å². The van der Waals surface area contributed by atoms with Gasteiger partial charge in [0.1, 0.15) is 0 Å². The highest BCUT2D eigenvalue weighted by Gasteiger charge is 2.25. The standard InChI is InChI=1S/C10H14ClN5O/c1-6-9(11)14-15-10(12-6)16-4-3-8(5-16)13-7(2)17/h8H,3-5H2,1-2H3,(H,13,17)/t8-/m0/s1. The molecule has 1 aliphatic rings. The van der Waals surface area contributed by atoms with E-state index < -0.39 is 0 Å². The van der Waals surface area contributed by atoms with Gasteiger partial charge in [-0.15, -0.1) is 10.2 Å². The van der Waals surface area contributed by atoms with Gasteiger partial charge in [0.2, 0.25) is 11.9 Å². The van der Waals surface area contributed by atoms with E-state index in [-0.39, 0.29) is 11.9 Å². The van der Waals surface area contributed by atoms with Crippen molar-refractivity contribution in [3.63, 3.8) is 0 Å². The van der Waals surface area contributed by atoms with Crippen molar-refractivity contribution in [3.05, 3.63) is 10.8 Å². The van der Waals surface area contributed by atoms with Gasteiger partial charge in [0.25, 0.3) is 0 Å². The van der Waals surface area contributed by atoms with Gasteiger partial charge in [-0.25, -0.2) is 4.98 Å². The normalized spacial score (nSPS) is 19.5. The Bertz CT molecular complexity index is 439. The van der Waals surface area contributed by atoms with Gasteiger partial charge in [-0.3, -0.25) is 4.79 Å². The number of carbonyl (C=O) groups is 1. The second kappa shape index (κ2) is 4.83. The quantitative estimate of drug-likeness (QED) is 0.836. The fraction of sp³-hybridized carbons (Fsp3) is 0.600. The second-order valence-corrected chi connectivity index (χ2v) is 4.48. The van der Waals surface area contributed by atoms with E-state index in [2.05, 4.69) is 20.5 Å². The first-order valence-electron chi connectivity index (χ1n) is 5.45. The van der Waals surface area contributed by atoms with Crippen LogP contribution in [0.2, 0.25) is 5.15 Å². The van der Waals surface area contributed by atoms with Crippen molar-refractivity contribution in [1.82, 2.24) is 20.5 Å². The van der Waals surface area contributed by atoms with Gasteiger partial charge < -0.3 is 10.2 Å². The summed E-state index contributed by atoms with van der Waals surface area (Å²) in [7, 11) is 0. The Kier molecular flexibility index (Phi) is 3.42. The highest BCUT2D eigenvalue weighted by Crippen LogP contribution is 2.17. The summed E-state index contributed by atoms with van der Waals surface area (Å²) < 4.78 is 0. The number of nitrogens with zero attached hydrogens (tertiary/aromatic N) is 4. The lowest BCUT2D eigenvalue weighted by Gasteiger charge is -2.16. The fourth-order valence-corrected chi connectivity index (χ4v) is 1.94. The molecular weight excluding hydrogens is 242 g/mol. The Morgan fingerprint density at radius 2 is 2.29 bits per heavy atom. The van der Waals surface area contributed by atoms with E-state index in [1.54, 1.807) is 6.92 Å². The van der Waals surface area contributed by atoms with Crippen LogP contribution in [-0.2, 0) is 4.79 Å². The van der Waals surface area contributed by atoms with Crippen LogP contribution in [0.5, 0.6) is 0 Å². The summed E-state index contributed by atoms with van der Waals surface area (Å²) in [4.78, 5) is 17.2. The zero-order valence-electron chi connectivity index (χ0n) is 9.77. The summed E-state index contributed by atoms with van der Waals surface area (Å²) in [5.41, 5.74) is 0.666. The van der Waals surface area contributed by atoms with Gasteiger partial charge in [0.15, 0.2) is 5.15 Å². The number of aryl methyl sites for hydroxylation is 1. The van der Waals surface area contributed by atoms with E-state index in [1.165, 1.54) is 6.92 Å². The molecule has 1 amide bonds. The number of anilines is 1. The number of hydrogen-bond acceptors (Lipinski definition) is 5. The SMILES string of the molecule is CC(=O)N[C@H]1CCN(c2nnc(Cl)c(C)n2)C1. The topological polar surface area (TPSA) is 71.0 Å². The van der Waals surface area contributed by atoms with Crippen LogP contribution in [0.25, 0.3) is 0 Å². The molecule has 1 saturated heterocycles. The minimum atomic E-state index is -0.0109. The molecule has 17 heavy (non-hydrogen) atoms. The molecule has 0 radical (unpaired) electrons. The first-order chi connectivity index (χ1) is 8.06. The van der Waals surface area contributed by atoms with Gasteiger partial charge in [-0.2, -0.15) is 0 Å². The summed E-state index contributed by atoms with van der Waals surface area (Å²) in [5.74, 6) is 0.558. The van der Waals surface area contributed by atoms with Crippen molar-refractivity contribution in [2.45, 2.75) is 26.3 Å². The Morgan fingerprint density at radius 1 is 1.53 bits per heavy atom. The number of nitrogens with one attached hydrogen (secondary N) is 1. The lowest BCUT2D eigenvalue weighted by molar-refractivity contribution is -0.119. The lowest BCUT2D eigenvalue weighted by atomic mass is 10.3. The molecule has 0 saturated carbocycles. The molecule has 0 unspecified atom stereocenters. The summed E-state index contributed by atoms with van der Waals surface area (Å²) in [5, 5.41) is 11.0. The average Bonchev–Trinajstić information content (AvgIpc) is 2.69. The lowest BCUT2D eigenvalue weighted by Crippen LogP contribution is -2.36. The molecule has 1 atom stereocenters. The molecule has 92 valence electrons. The fourth-order valence-electron chi connectivity index (χ4n) is 1.86. The van der Waals surface area contributed by atoms with Gasteiger partial charge >= 0.3 is 0 Å². The van der Waals surface area contributed by atoms with Crippen LogP contribution >= 0.6 is 11.6 Å². The molecule has 0 aromatic carbocycles. The molecule has 0 spiro atoms.